The SMILES string of the molecule is C=C(CC)CC(NCC)c1cc(C)c(Br)c(C)c1. The third-order valence-corrected chi connectivity index (χ3v) is 4.56. The summed E-state index contributed by atoms with van der Waals surface area (Å²) in [5.41, 5.74) is 5.27. The molecule has 0 fully saturated rings. The van der Waals surface area contributed by atoms with E-state index in [4.69, 9.17) is 0 Å². The van der Waals surface area contributed by atoms with E-state index in [1.807, 2.05) is 0 Å². The zero-order valence-corrected chi connectivity index (χ0v) is 13.5. The minimum absolute atomic E-state index is 0.382. The first kappa shape index (κ1) is 15.5. The topological polar surface area (TPSA) is 12.0 Å². The molecule has 0 radical (unpaired) electrons. The van der Waals surface area contributed by atoms with Gasteiger partial charge in [0, 0.05) is 10.5 Å². The van der Waals surface area contributed by atoms with Crippen LogP contribution in [0.15, 0.2) is 28.8 Å². The van der Waals surface area contributed by atoms with Crippen LogP contribution in [0, 0.1) is 13.8 Å². The van der Waals surface area contributed by atoms with Crippen molar-refractivity contribution in [3.8, 4) is 0 Å². The molecule has 1 aromatic carbocycles. The highest BCUT2D eigenvalue weighted by Crippen LogP contribution is 2.28. The maximum Gasteiger partial charge on any atom is 0.0357 e. The lowest BCUT2D eigenvalue weighted by atomic mass is 9.95. The zero-order chi connectivity index (χ0) is 13.7. The fraction of sp³-hybridized carbons (Fsp3) is 0.500. The highest BCUT2D eigenvalue weighted by atomic mass is 79.9. The predicted octanol–water partition coefficient (Wildman–Crippen LogP) is 5.07. The van der Waals surface area contributed by atoms with Crippen LogP contribution >= 0.6 is 15.9 Å². The Morgan fingerprint density at radius 3 is 2.28 bits per heavy atom. The van der Waals surface area contributed by atoms with Gasteiger partial charge in [0.2, 0.25) is 0 Å². The normalized spacial score (nSPS) is 12.5. The molecule has 2 heteroatoms. The Morgan fingerprint density at radius 1 is 1.28 bits per heavy atom. The first-order chi connectivity index (χ1) is 8.49. The van der Waals surface area contributed by atoms with Gasteiger partial charge in [0.15, 0.2) is 0 Å². The minimum atomic E-state index is 0.382. The van der Waals surface area contributed by atoms with Crippen molar-refractivity contribution in [1.29, 1.82) is 0 Å². The number of hydrogen-bond donors (Lipinski definition) is 1. The molecule has 100 valence electrons. The van der Waals surface area contributed by atoms with Crippen LogP contribution < -0.4 is 5.32 Å². The second kappa shape index (κ2) is 7.10. The van der Waals surface area contributed by atoms with Crippen LogP contribution in [0.5, 0.6) is 0 Å². The van der Waals surface area contributed by atoms with E-state index < -0.39 is 0 Å². The summed E-state index contributed by atoms with van der Waals surface area (Å²) in [5, 5.41) is 3.56. The Bertz CT molecular complexity index is 400. The molecule has 0 aliphatic carbocycles. The van der Waals surface area contributed by atoms with E-state index >= 15 is 0 Å². The molecule has 1 aromatic rings. The highest BCUT2D eigenvalue weighted by molar-refractivity contribution is 9.10. The van der Waals surface area contributed by atoms with E-state index in [1.54, 1.807) is 0 Å². The molecule has 1 unspecified atom stereocenters. The first-order valence-electron chi connectivity index (χ1n) is 6.66. The summed E-state index contributed by atoms with van der Waals surface area (Å²) >= 11 is 3.63. The molecule has 1 nitrogen and oxygen atoms in total. The Balaban J connectivity index is 3.01. The number of nitrogens with one attached hydrogen (secondary N) is 1. The summed E-state index contributed by atoms with van der Waals surface area (Å²) in [4.78, 5) is 0. The summed E-state index contributed by atoms with van der Waals surface area (Å²) < 4.78 is 1.22. The second-order valence-corrected chi connectivity index (χ2v) is 5.68. The molecule has 0 heterocycles. The van der Waals surface area contributed by atoms with E-state index in [2.05, 4.69) is 67.7 Å². The van der Waals surface area contributed by atoms with Gasteiger partial charge >= 0.3 is 0 Å². The highest BCUT2D eigenvalue weighted by Gasteiger charge is 2.13. The molecule has 0 aliphatic heterocycles. The van der Waals surface area contributed by atoms with Crippen LogP contribution in [0.3, 0.4) is 0 Å². The molecular weight excluding hydrogens is 286 g/mol. The molecule has 1 atom stereocenters. The third kappa shape index (κ3) is 3.96. The van der Waals surface area contributed by atoms with Gasteiger partial charge in [-0.2, -0.15) is 0 Å². The van der Waals surface area contributed by atoms with Gasteiger partial charge in [-0.3, -0.25) is 0 Å². The van der Waals surface area contributed by atoms with Gasteiger partial charge in [-0.25, -0.2) is 0 Å². The zero-order valence-electron chi connectivity index (χ0n) is 11.9. The van der Waals surface area contributed by atoms with Gasteiger partial charge in [0.25, 0.3) is 0 Å². The Morgan fingerprint density at radius 2 is 1.83 bits per heavy atom. The van der Waals surface area contributed by atoms with E-state index in [9.17, 15) is 0 Å². The fourth-order valence-corrected chi connectivity index (χ4v) is 2.40. The van der Waals surface area contributed by atoms with Gasteiger partial charge in [-0.1, -0.05) is 54.1 Å². The van der Waals surface area contributed by atoms with Crippen LogP contribution in [0.2, 0.25) is 0 Å². The number of hydrogen-bond acceptors (Lipinski definition) is 1. The molecular formula is C16H24BrN. The third-order valence-electron chi connectivity index (χ3n) is 3.30. The van der Waals surface area contributed by atoms with Crippen LogP contribution in [-0.2, 0) is 0 Å². The van der Waals surface area contributed by atoms with Gasteiger partial charge in [0.05, 0.1) is 0 Å². The van der Waals surface area contributed by atoms with Crippen molar-refractivity contribution >= 4 is 15.9 Å². The second-order valence-electron chi connectivity index (χ2n) is 4.89. The average molecular weight is 310 g/mol. The maximum absolute atomic E-state index is 4.13. The minimum Gasteiger partial charge on any atom is -0.310 e. The van der Waals surface area contributed by atoms with Crippen molar-refractivity contribution in [2.45, 2.75) is 46.6 Å². The fourth-order valence-electron chi connectivity index (χ4n) is 2.17. The van der Waals surface area contributed by atoms with Gasteiger partial charge in [-0.05, 0) is 49.9 Å². The molecule has 0 saturated heterocycles. The molecule has 0 spiro atoms. The molecule has 0 aromatic heterocycles. The van der Waals surface area contributed by atoms with Crippen LogP contribution in [0.25, 0.3) is 0 Å². The molecule has 1 rings (SSSR count). The van der Waals surface area contributed by atoms with Crippen molar-refractivity contribution in [2.24, 2.45) is 0 Å². The summed E-state index contributed by atoms with van der Waals surface area (Å²) in [6.45, 7) is 13.7. The van der Waals surface area contributed by atoms with Crippen LogP contribution in [0.1, 0.15) is 49.4 Å². The van der Waals surface area contributed by atoms with Crippen LogP contribution in [0.4, 0.5) is 0 Å². The first-order valence-corrected chi connectivity index (χ1v) is 7.45. The maximum atomic E-state index is 4.13. The van der Waals surface area contributed by atoms with E-state index in [0.29, 0.717) is 6.04 Å². The lowest BCUT2D eigenvalue weighted by Crippen LogP contribution is -2.21. The smallest absolute Gasteiger partial charge is 0.0357 e. The summed E-state index contributed by atoms with van der Waals surface area (Å²) in [5.74, 6) is 0. The van der Waals surface area contributed by atoms with Gasteiger partial charge < -0.3 is 5.32 Å². The van der Waals surface area contributed by atoms with Crippen molar-refractivity contribution in [1.82, 2.24) is 5.32 Å². The number of rotatable bonds is 6. The average Bonchev–Trinajstić information content (AvgIpc) is 2.34. The number of benzene rings is 1. The largest absolute Gasteiger partial charge is 0.310 e. The molecule has 18 heavy (non-hydrogen) atoms. The molecule has 1 N–H and O–H groups in total. The molecule has 0 saturated carbocycles. The quantitative estimate of drug-likeness (QED) is 0.723. The van der Waals surface area contributed by atoms with Crippen LogP contribution in [-0.4, -0.2) is 6.54 Å². The van der Waals surface area contributed by atoms with Gasteiger partial charge in [-0.15, -0.1) is 0 Å². The number of aryl methyl sites for hydroxylation is 2. The van der Waals surface area contributed by atoms with E-state index in [0.717, 1.165) is 19.4 Å². The molecule has 0 bridgehead atoms. The lowest BCUT2D eigenvalue weighted by Gasteiger charge is -2.21. The Hall–Kier alpha value is -0.600. The predicted molar refractivity (Wildman–Crippen MR) is 84.1 cm³/mol. The van der Waals surface area contributed by atoms with Crippen molar-refractivity contribution < 1.29 is 0 Å². The van der Waals surface area contributed by atoms with E-state index in [-0.39, 0.29) is 0 Å². The summed E-state index contributed by atoms with van der Waals surface area (Å²) in [7, 11) is 0. The summed E-state index contributed by atoms with van der Waals surface area (Å²) in [6.07, 6.45) is 2.07. The van der Waals surface area contributed by atoms with Crippen molar-refractivity contribution in [3.63, 3.8) is 0 Å². The Kier molecular flexibility index (Phi) is 6.10. The van der Waals surface area contributed by atoms with Crippen molar-refractivity contribution in [3.05, 3.63) is 45.4 Å². The van der Waals surface area contributed by atoms with Gasteiger partial charge in [0.1, 0.15) is 0 Å². The van der Waals surface area contributed by atoms with Crippen molar-refractivity contribution in [2.75, 3.05) is 6.54 Å². The molecule has 0 amide bonds. The number of halogens is 1. The monoisotopic (exact) mass is 309 g/mol. The lowest BCUT2D eigenvalue weighted by molar-refractivity contribution is 0.542. The Labute approximate surface area is 120 Å². The van der Waals surface area contributed by atoms with E-state index in [1.165, 1.54) is 26.7 Å². The molecule has 0 aliphatic rings. The standard InChI is InChI=1S/C16H24BrN/c1-6-11(3)8-15(18-7-2)14-9-12(4)16(17)13(5)10-14/h9-10,15,18H,3,6-8H2,1-2,4-5H3. The summed E-state index contributed by atoms with van der Waals surface area (Å²) in [6, 6.07) is 4.92.